The number of hydrogen-bond donors (Lipinski definition) is 0. The summed E-state index contributed by atoms with van der Waals surface area (Å²) in [7, 11) is -3.64. The zero-order valence-electron chi connectivity index (χ0n) is 20.5. The van der Waals surface area contributed by atoms with Crippen molar-refractivity contribution in [2.75, 3.05) is 36.2 Å². The summed E-state index contributed by atoms with van der Waals surface area (Å²) in [4.78, 5) is 19.9. The molecular weight excluding hydrogens is 506 g/mol. The average molecular weight is 535 g/mol. The maximum absolute atomic E-state index is 13.0. The predicted molar refractivity (Wildman–Crippen MR) is 132 cm³/mol. The first kappa shape index (κ1) is 26.6. The van der Waals surface area contributed by atoms with E-state index in [-0.39, 0.29) is 24.1 Å². The third kappa shape index (κ3) is 6.46. The molecule has 198 valence electrons. The standard InChI is InChI=1S/C24H28F2N6O4S/c1-3-37(34,35)32(16-20-8-7-19(14-27-20)23-28-29-24(36-23)22(25)26)21-6-4-5-18(13-21)15-30-9-11-31(12-10-30)17(2)33/h4-8,13-14,22H,3,9-12,15-16H2,1-2H3. The molecule has 2 aromatic heterocycles. The molecule has 0 spiro atoms. The van der Waals surface area contributed by atoms with Crippen LogP contribution < -0.4 is 4.31 Å². The topological polar surface area (TPSA) is 113 Å². The van der Waals surface area contributed by atoms with E-state index in [1.54, 1.807) is 32.0 Å². The Bertz CT molecular complexity index is 1330. The lowest BCUT2D eigenvalue weighted by Gasteiger charge is -2.34. The number of carbonyl (C=O) groups excluding carboxylic acids is 1. The first-order chi connectivity index (χ1) is 17.7. The summed E-state index contributed by atoms with van der Waals surface area (Å²) in [6, 6.07) is 10.5. The van der Waals surface area contributed by atoms with Gasteiger partial charge >= 0.3 is 6.43 Å². The maximum Gasteiger partial charge on any atom is 0.314 e. The van der Waals surface area contributed by atoms with Crippen molar-refractivity contribution >= 4 is 21.6 Å². The molecule has 3 aromatic rings. The van der Waals surface area contributed by atoms with Gasteiger partial charge in [0.2, 0.25) is 21.8 Å². The average Bonchev–Trinajstić information content (AvgIpc) is 3.39. The molecule has 0 saturated carbocycles. The number of anilines is 1. The monoisotopic (exact) mass is 534 g/mol. The van der Waals surface area contributed by atoms with E-state index < -0.39 is 22.3 Å². The molecule has 3 heterocycles. The molecular formula is C24H28F2N6O4S. The lowest BCUT2D eigenvalue weighted by atomic mass is 10.1. The number of aromatic nitrogens is 3. The second-order valence-corrected chi connectivity index (χ2v) is 10.8. The van der Waals surface area contributed by atoms with Gasteiger partial charge in [-0.2, -0.15) is 8.78 Å². The number of nitrogens with zero attached hydrogens (tertiary/aromatic N) is 6. The Morgan fingerprint density at radius 1 is 1.14 bits per heavy atom. The largest absolute Gasteiger partial charge is 0.415 e. The molecule has 13 heteroatoms. The molecule has 0 atom stereocenters. The molecule has 37 heavy (non-hydrogen) atoms. The highest BCUT2D eigenvalue weighted by Crippen LogP contribution is 2.25. The molecule has 10 nitrogen and oxygen atoms in total. The Balaban J connectivity index is 1.50. The summed E-state index contributed by atoms with van der Waals surface area (Å²) in [6.45, 7) is 6.60. The summed E-state index contributed by atoms with van der Waals surface area (Å²) in [6.07, 6.45) is -1.49. The Kier molecular flexibility index (Phi) is 8.13. The van der Waals surface area contributed by atoms with E-state index in [2.05, 4.69) is 20.1 Å². The van der Waals surface area contributed by atoms with Gasteiger partial charge < -0.3 is 9.32 Å². The molecule has 1 amide bonds. The number of pyridine rings is 1. The molecule has 0 unspecified atom stereocenters. The van der Waals surface area contributed by atoms with E-state index in [9.17, 15) is 22.0 Å². The first-order valence-corrected chi connectivity index (χ1v) is 13.4. The van der Waals surface area contributed by atoms with E-state index in [4.69, 9.17) is 4.42 Å². The number of benzene rings is 1. The third-order valence-electron chi connectivity index (χ3n) is 6.13. The van der Waals surface area contributed by atoms with Gasteiger partial charge in [-0.05, 0) is 36.8 Å². The van der Waals surface area contributed by atoms with Crippen LogP contribution in [0.25, 0.3) is 11.5 Å². The van der Waals surface area contributed by atoms with Crippen LogP contribution in [0.4, 0.5) is 14.5 Å². The van der Waals surface area contributed by atoms with Crippen LogP contribution in [0, 0.1) is 0 Å². The minimum atomic E-state index is -3.64. The van der Waals surface area contributed by atoms with Crippen LogP contribution in [-0.4, -0.2) is 71.2 Å². The Hall–Kier alpha value is -3.45. The van der Waals surface area contributed by atoms with Gasteiger partial charge in [-0.15, -0.1) is 10.2 Å². The highest BCUT2D eigenvalue weighted by atomic mass is 32.2. The smallest absolute Gasteiger partial charge is 0.314 e. The number of halogens is 2. The Morgan fingerprint density at radius 3 is 2.49 bits per heavy atom. The van der Waals surface area contributed by atoms with Gasteiger partial charge in [0.25, 0.3) is 5.89 Å². The van der Waals surface area contributed by atoms with Gasteiger partial charge in [-0.1, -0.05) is 12.1 Å². The van der Waals surface area contributed by atoms with E-state index >= 15 is 0 Å². The molecule has 0 aliphatic carbocycles. The molecule has 1 saturated heterocycles. The van der Waals surface area contributed by atoms with Crippen molar-refractivity contribution in [1.82, 2.24) is 25.0 Å². The van der Waals surface area contributed by atoms with Gasteiger partial charge in [0, 0.05) is 45.8 Å². The zero-order chi connectivity index (χ0) is 26.6. The third-order valence-corrected chi connectivity index (χ3v) is 7.87. The molecule has 1 aromatic carbocycles. The van der Waals surface area contributed by atoms with Crippen LogP contribution in [-0.2, 0) is 27.9 Å². The number of amides is 1. The summed E-state index contributed by atoms with van der Waals surface area (Å²) in [5, 5.41) is 6.91. The van der Waals surface area contributed by atoms with Crippen LogP contribution in [0.5, 0.6) is 0 Å². The molecule has 0 N–H and O–H groups in total. The number of alkyl halides is 2. The maximum atomic E-state index is 13.0. The zero-order valence-corrected chi connectivity index (χ0v) is 21.4. The van der Waals surface area contributed by atoms with Gasteiger partial charge in [-0.25, -0.2) is 8.42 Å². The fourth-order valence-electron chi connectivity index (χ4n) is 4.03. The van der Waals surface area contributed by atoms with Gasteiger partial charge in [0.05, 0.1) is 29.2 Å². The fourth-order valence-corrected chi connectivity index (χ4v) is 5.10. The lowest BCUT2D eigenvalue weighted by Crippen LogP contribution is -2.47. The number of piperazine rings is 1. The number of rotatable bonds is 9. The van der Waals surface area contributed by atoms with Crippen molar-refractivity contribution in [1.29, 1.82) is 0 Å². The minimum absolute atomic E-state index is 0.0106. The van der Waals surface area contributed by atoms with E-state index in [1.807, 2.05) is 23.1 Å². The molecule has 1 aliphatic heterocycles. The minimum Gasteiger partial charge on any atom is -0.415 e. The highest BCUT2D eigenvalue weighted by molar-refractivity contribution is 7.92. The van der Waals surface area contributed by atoms with E-state index in [0.29, 0.717) is 36.6 Å². The summed E-state index contributed by atoms with van der Waals surface area (Å²) >= 11 is 0. The lowest BCUT2D eigenvalue weighted by molar-refractivity contribution is -0.130. The van der Waals surface area contributed by atoms with Crippen molar-refractivity contribution in [2.45, 2.75) is 33.4 Å². The summed E-state index contributed by atoms with van der Waals surface area (Å²) in [5.41, 5.74) is 2.28. The quantitative estimate of drug-likeness (QED) is 0.412. The number of hydrogen-bond acceptors (Lipinski definition) is 8. The molecule has 4 rings (SSSR count). The number of sulfonamides is 1. The van der Waals surface area contributed by atoms with Crippen LogP contribution in [0.2, 0.25) is 0 Å². The normalized spacial score (nSPS) is 14.8. The Labute approximate surface area is 214 Å². The first-order valence-electron chi connectivity index (χ1n) is 11.8. The molecule has 0 radical (unpaired) electrons. The van der Waals surface area contributed by atoms with Crippen LogP contribution in [0.15, 0.2) is 47.0 Å². The fraction of sp³-hybridized carbons (Fsp3) is 0.417. The Morgan fingerprint density at radius 2 is 1.89 bits per heavy atom. The summed E-state index contributed by atoms with van der Waals surface area (Å²) in [5.74, 6) is -0.899. The predicted octanol–water partition coefficient (Wildman–Crippen LogP) is 3.09. The SMILES string of the molecule is CCS(=O)(=O)N(Cc1ccc(-c2nnc(C(F)F)o2)cn1)c1cccc(CN2CCN(C(C)=O)CC2)c1. The van der Waals surface area contributed by atoms with Crippen molar-refractivity contribution < 1.29 is 26.4 Å². The van der Waals surface area contributed by atoms with E-state index in [1.165, 1.54) is 10.5 Å². The van der Waals surface area contributed by atoms with Crippen molar-refractivity contribution in [2.24, 2.45) is 0 Å². The molecule has 0 bridgehead atoms. The van der Waals surface area contributed by atoms with Crippen LogP contribution >= 0.6 is 0 Å². The number of carbonyl (C=O) groups is 1. The van der Waals surface area contributed by atoms with Gasteiger partial charge in [0.1, 0.15) is 0 Å². The van der Waals surface area contributed by atoms with Crippen molar-refractivity contribution in [3.63, 3.8) is 0 Å². The van der Waals surface area contributed by atoms with Gasteiger partial charge in [-0.3, -0.25) is 19.0 Å². The van der Waals surface area contributed by atoms with Crippen LogP contribution in [0.3, 0.4) is 0 Å². The summed E-state index contributed by atoms with van der Waals surface area (Å²) < 4.78 is 57.7. The van der Waals surface area contributed by atoms with Crippen molar-refractivity contribution in [3.05, 3.63) is 59.7 Å². The molecule has 1 aliphatic rings. The highest BCUT2D eigenvalue weighted by Gasteiger charge is 2.24. The van der Waals surface area contributed by atoms with Gasteiger partial charge in [0.15, 0.2) is 0 Å². The second-order valence-electron chi connectivity index (χ2n) is 8.64. The second kappa shape index (κ2) is 11.3. The van der Waals surface area contributed by atoms with E-state index in [0.717, 1.165) is 18.7 Å². The molecule has 1 fully saturated rings. The van der Waals surface area contributed by atoms with Crippen LogP contribution in [0.1, 0.15) is 37.4 Å². The van der Waals surface area contributed by atoms with Crippen molar-refractivity contribution in [3.8, 4) is 11.5 Å².